The largest absolute Gasteiger partial charge is 0.390 e. The number of likely N-dealkylation sites (tertiary alicyclic amines) is 1. The summed E-state index contributed by atoms with van der Waals surface area (Å²) in [5.74, 6) is -0.655. The number of carbonyl (C=O) groups is 1. The molecule has 1 amide bonds. The Morgan fingerprint density at radius 3 is 2.89 bits per heavy atom. The number of pyridine rings is 1. The third kappa shape index (κ3) is 3.04. The molecule has 5 heteroatoms. The molecule has 1 aliphatic rings. The van der Waals surface area contributed by atoms with E-state index in [-0.39, 0.29) is 11.6 Å². The summed E-state index contributed by atoms with van der Waals surface area (Å²) >= 11 is 0. The van der Waals surface area contributed by atoms with Crippen molar-refractivity contribution < 1.29 is 14.3 Å². The summed E-state index contributed by atoms with van der Waals surface area (Å²) in [6, 6.07) is 2.62. The highest BCUT2D eigenvalue weighted by Gasteiger charge is 2.27. The third-order valence-corrected chi connectivity index (χ3v) is 3.30. The first-order valence-electron chi connectivity index (χ1n) is 6.11. The summed E-state index contributed by atoms with van der Waals surface area (Å²) in [4.78, 5) is 17.6. The van der Waals surface area contributed by atoms with Crippen LogP contribution in [0.15, 0.2) is 18.3 Å². The fraction of sp³-hybridized carbons (Fsp3) is 0.538. The lowest BCUT2D eigenvalue weighted by Gasteiger charge is -2.22. The molecule has 0 aromatic carbocycles. The molecule has 1 aliphatic heterocycles. The van der Waals surface area contributed by atoms with Crippen molar-refractivity contribution in [2.24, 2.45) is 0 Å². The topological polar surface area (TPSA) is 53.4 Å². The lowest BCUT2D eigenvalue weighted by atomic mass is 9.98. The van der Waals surface area contributed by atoms with Gasteiger partial charge in [-0.2, -0.15) is 0 Å². The summed E-state index contributed by atoms with van der Waals surface area (Å²) in [7, 11) is 0. The predicted molar refractivity (Wildman–Crippen MR) is 64.6 cm³/mol. The molecule has 0 spiro atoms. The molecule has 1 unspecified atom stereocenters. The van der Waals surface area contributed by atoms with E-state index in [4.69, 9.17) is 0 Å². The predicted octanol–water partition coefficient (Wildman–Crippen LogP) is 1.60. The average Bonchev–Trinajstić information content (AvgIpc) is 2.50. The molecule has 1 fully saturated rings. The van der Waals surface area contributed by atoms with E-state index < -0.39 is 11.4 Å². The van der Waals surface area contributed by atoms with Crippen molar-refractivity contribution in [3.8, 4) is 0 Å². The van der Waals surface area contributed by atoms with E-state index in [2.05, 4.69) is 4.98 Å². The Morgan fingerprint density at radius 2 is 2.22 bits per heavy atom. The Morgan fingerprint density at radius 1 is 1.44 bits per heavy atom. The molecule has 1 aromatic heterocycles. The van der Waals surface area contributed by atoms with Crippen molar-refractivity contribution in [1.82, 2.24) is 9.88 Å². The second-order valence-electron chi connectivity index (χ2n) is 5.00. The minimum atomic E-state index is -0.703. The zero-order valence-corrected chi connectivity index (χ0v) is 10.4. The van der Waals surface area contributed by atoms with Crippen LogP contribution >= 0.6 is 0 Å². The molecule has 98 valence electrons. The Bertz CT molecular complexity index is 431. The van der Waals surface area contributed by atoms with E-state index in [0.717, 1.165) is 12.6 Å². The van der Waals surface area contributed by atoms with Crippen molar-refractivity contribution in [3.63, 3.8) is 0 Å². The number of aliphatic hydroxyl groups is 1. The fourth-order valence-electron chi connectivity index (χ4n) is 2.13. The molecule has 1 saturated heterocycles. The maximum Gasteiger partial charge on any atom is 0.272 e. The van der Waals surface area contributed by atoms with Gasteiger partial charge < -0.3 is 10.0 Å². The highest BCUT2D eigenvalue weighted by atomic mass is 19.1. The standard InChI is InChI=1S/C13H17FN2O2/c1-13(18)5-2-7-16(8-6-13)12(17)11-4-3-10(14)9-15-11/h3-4,9,18H,2,5-8H2,1H3. The Labute approximate surface area is 105 Å². The first kappa shape index (κ1) is 13.0. The summed E-state index contributed by atoms with van der Waals surface area (Å²) in [6.45, 7) is 2.90. The van der Waals surface area contributed by atoms with Crippen LogP contribution in [0.3, 0.4) is 0 Å². The number of carbonyl (C=O) groups excluding carboxylic acids is 1. The van der Waals surface area contributed by atoms with Crippen LogP contribution in [-0.4, -0.2) is 39.6 Å². The fourth-order valence-corrected chi connectivity index (χ4v) is 2.13. The highest BCUT2D eigenvalue weighted by Crippen LogP contribution is 2.22. The summed E-state index contributed by atoms with van der Waals surface area (Å²) in [6.07, 6.45) is 3.05. The van der Waals surface area contributed by atoms with Gasteiger partial charge >= 0.3 is 0 Å². The smallest absolute Gasteiger partial charge is 0.272 e. The van der Waals surface area contributed by atoms with Crippen LogP contribution in [-0.2, 0) is 0 Å². The molecule has 2 heterocycles. The Kier molecular flexibility index (Phi) is 3.61. The van der Waals surface area contributed by atoms with Crippen LogP contribution in [0.4, 0.5) is 4.39 Å². The molecule has 0 radical (unpaired) electrons. The monoisotopic (exact) mass is 252 g/mol. The van der Waals surface area contributed by atoms with E-state index in [9.17, 15) is 14.3 Å². The Hall–Kier alpha value is -1.49. The molecular weight excluding hydrogens is 235 g/mol. The number of halogens is 1. The van der Waals surface area contributed by atoms with Crippen LogP contribution in [0.5, 0.6) is 0 Å². The maximum atomic E-state index is 12.7. The number of hydrogen-bond donors (Lipinski definition) is 1. The van der Waals surface area contributed by atoms with Gasteiger partial charge in [0.05, 0.1) is 11.8 Å². The van der Waals surface area contributed by atoms with Crippen molar-refractivity contribution >= 4 is 5.91 Å². The van der Waals surface area contributed by atoms with E-state index in [1.165, 1.54) is 12.1 Å². The normalized spacial score (nSPS) is 24.7. The molecule has 1 atom stereocenters. The maximum absolute atomic E-state index is 12.7. The number of amides is 1. The molecular formula is C13H17FN2O2. The third-order valence-electron chi connectivity index (χ3n) is 3.30. The van der Waals surface area contributed by atoms with Crippen LogP contribution in [0.25, 0.3) is 0 Å². The lowest BCUT2D eigenvalue weighted by molar-refractivity contribution is 0.0437. The van der Waals surface area contributed by atoms with E-state index in [1.54, 1.807) is 11.8 Å². The van der Waals surface area contributed by atoms with E-state index >= 15 is 0 Å². The van der Waals surface area contributed by atoms with Gasteiger partial charge in [0.1, 0.15) is 11.5 Å². The minimum Gasteiger partial charge on any atom is -0.390 e. The van der Waals surface area contributed by atoms with Gasteiger partial charge in [-0.3, -0.25) is 4.79 Å². The van der Waals surface area contributed by atoms with Crippen LogP contribution in [0.2, 0.25) is 0 Å². The second-order valence-corrected chi connectivity index (χ2v) is 5.00. The van der Waals surface area contributed by atoms with Gasteiger partial charge in [0.25, 0.3) is 5.91 Å². The van der Waals surface area contributed by atoms with Gasteiger partial charge in [0.2, 0.25) is 0 Å². The van der Waals surface area contributed by atoms with E-state index in [0.29, 0.717) is 25.9 Å². The Balaban J connectivity index is 2.07. The van der Waals surface area contributed by atoms with Crippen LogP contribution in [0, 0.1) is 5.82 Å². The molecule has 2 rings (SSSR count). The number of rotatable bonds is 1. The lowest BCUT2D eigenvalue weighted by Crippen LogP contribution is -2.34. The number of hydrogen-bond acceptors (Lipinski definition) is 3. The quantitative estimate of drug-likeness (QED) is 0.826. The number of aromatic nitrogens is 1. The molecule has 1 aromatic rings. The van der Waals surface area contributed by atoms with Crippen molar-refractivity contribution in [1.29, 1.82) is 0 Å². The van der Waals surface area contributed by atoms with Gasteiger partial charge in [0.15, 0.2) is 0 Å². The summed E-state index contributed by atoms with van der Waals surface area (Å²) < 4.78 is 12.7. The van der Waals surface area contributed by atoms with Crippen LogP contribution < -0.4 is 0 Å². The van der Waals surface area contributed by atoms with Gasteiger partial charge in [-0.15, -0.1) is 0 Å². The SMILES string of the molecule is CC1(O)CCCN(C(=O)c2ccc(F)cn2)CC1. The molecule has 4 nitrogen and oxygen atoms in total. The van der Waals surface area contributed by atoms with Gasteiger partial charge in [-0.25, -0.2) is 9.37 Å². The highest BCUT2D eigenvalue weighted by molar-refractivity contribution is 5.92. The number of nitrogens with zero attached hydrogens (tertiary/aromatic N) is 2. The summed E-state index contributed by atoms with van der Waals surface area (Å²) in [5.41, 5.74) is -0.455. The molecule has 0 aliphatic carbocycles. The first-order chi connectivity index (χ1) is 8.48. The van der Waals surface area contributed by atoms with Crippen LogP contribution in [0.1, 0.15) is 36.7 Å². The van der Waals surface area contributed by atoms with Gasteiger partial charge in [-0.05, 0) is 38.3 Å². The van der Waals surface area contributed by atoms with Crippen molar-refractivity contribution in [2.45, 2.75) is 31.8 Å². The molecule has 18 heavy (non-hydrogen) atoms. The molecule has 0 saturated carbocycles. The molecule has 1 N–H and O–H groups in total. The minimum absolute atomic E-state index is 0.201. The zero-order chi connectivity index (χ0) is 13.2. The van der Waals surface area contributed by atoms with Crippen molar-refractivity contribution in [2.75, 3.05) is 13.1 Å². The van der Waals surface area contributed by atoms with Crippen molar-refractivity contribution in [3.05, 3.63) is 29.8 Å². The van der Waals surface area contributed by atoms with Gasteiger partial charge in [0, 0.05) is 13.1 Å². The average molecular weight is 252 g/mol. The van der Waals surface area contributed by atoms with Gasteiger partial charge in [-0.1, -0.05) is 0 Å². The zero-order valence-electron chi connectivity index (χ0n) is 10.4. The second kappa shape index (κ2) is 5.02. The summed E-state index contributed by atoms with van der Waals surface area (Å²) in [5, 5.41) is 9.96. The first-order valence-corrected chi connectivity index (χ1v) is 6.11. The van der Waals surface area contributed by atoms with E-state index in [1.807, 2.05) is 0 Å². The molecule has 0 bridgehead atoms.